The molecule has 0 bridgehead atoms. The number of Topliss-reactive ketones (excluding diaryl/α,β-unsaturated/α-hetero) is 1. The molecule has 0 heterocycles. The lowest BCUT2D eigenvalue weighted by atomic mass is 10.1. The van der Waals surface area contributed by atoms with Gasteiger partial charge in [-0.15, -0.1) is 0 Å². The smallest absolute Gasteiger partial charge is 0.412 e. The molecule has 0 saturated carbocycles. The number of para-hydroxylation sites is 1. The predicted molar refractivity (Wildman–Crippen MR) is 125 cm³/mol. The number of halogens is 2. The lowest BCUT2D eigenvalue weighted by Crippen LogP contribution is -2.48. The molecule has 2 aromatic rings. The number of esters is 1. The molecule has 33 heavy (non-hydrogen) atoms. The number of hydrogen-bond acceptors (Lipinski definition) is 6. The van der Waals surface area contributed by atoms with Crippen LogP contribution in [0.1, 0.15) is 31.1 Å². The topological polar surface area (TPSA) is 111 Å². The number of rotatable bonds is 9. The number of anilines is 1. The number of amides is 2. The summed E-state index contributed by atoms with van der Waals surface area (Å²) in [6, 6.07) is 12.1. The van der Waals surface area contributed by atoms with Gasteiger partial charge in [-0.1, -0.05) is 61.3 Å². The van der Waals surface area contributed by atoms with Gasteiger partial charge in [0.05, 0.1) is 21.7 Å². The SMILES string of the molecule is CC(C)[C@H](OC(=O)Nc1ccccc1)C(=O)N[C@@H](C)C(=O)COC(=O)c1c(Cl)cccc1Cl. The molecule has 0 aromatic heterocycles. The monoisotopic (exact) mass is 494 g/mol. The van der Waals surface area contributed by atoms with Gasteiger partial charge in [-0.2, -0.15) is 0 Å². The second kappa shape index (κ2) is 12.2. The number of ether oxygens (including phenoxy) is 2. The van der Waals surface area contributed by atoms with Crippen molar-refractivity contribution in [2.24, 2.45) is 5.92 Å². The van der Waals surface area contributed by atoms with Crippen LogP contribution in [0.3, 0.4) is 0 Å². The summed E-state index contributed by atoms with van der Waals surface area (Å²) in [5.74, 6) is -2.46. The highest BCUT2D eigenvalue weighted by molar-refractivity contribution is 6.39. The third kappa shape index (κ3) is 7.76. The number of carbonyl (C=O) groups is 4. The van der Waals surface area contributed by atoms with Crippen LogP contribution in [0.4, 0.5) is 10.5 Å². The van der Waals surface area contributed by atoms with Crippen molar-refractivity contribution in [3.05, 3.63) is 64.1 Å². The molecular formula is C23H24Cl2N2O6. The van der Waals surface area contributed by atoms with Crippen molar-refractivity contribution in [3.8, 4) is 0 Å². The summed E-state index contributed by atoms with van der Waals surface area (Å²) < 4.78 is 10.2. The van der Waals surface area contributed by atoms with Crippen LogP contribution in [-0.2, 0) is 19.1 Å². The fourth-order valence-corrected chi connectivity index (χ4v) is 3.23. The molecule has 0 aliphatic rings. The van der Waals surface area contributed by atoms with E-state index in [4.69, 9.17) is 32.7 Å². The first-order valence-electron chi connectivity index (χ1n) is 10.1. The molecule has 2 aromatic carbocycles. The van der Waals surface area contributed by atoms with Crippen LogP contribution in [0.25, 0.3) is 0 Å². The maximum atomic E-state index is 12.6. The highest BCUT2D eigenvalue weighted by Crippen LogP contribution is 2.25. The lowest BCUT2D eigenvalue weighted by Gasteiger charge is -2.23. The quantitative estimate of drug-likeness (QED) is 0.496. The van der Waals surface area contributed by atoms with Crippen LogP contribution >= 0.6 is 23.2 Å². The Labute approximate surface area is 201 Å². The minimum absolute atomic E-state index is 0.0528. The van der Waals surface area contributed by atoms with Crippen LogP contribution in [0.2, 0.25) is 10.0 Å². The third-order valence-electron chi connectivity index (χ3n) is 4.47. The van der Waals surface area contributed by atoms with Gasteiger partial charge in [0.1, 0.15) is 0 Å². The molecule has 2 amide bonds. The zero-order valence-corrected chi connectivity index (χ0v) is 19.8. The molecule has 0 spiro atoms. The van der Waals surface area contributed by atoms with Gasteiger partial charge >= 0.3 is 12.1 Å². The predicted octanol–water partition coefficient (Wildman–Crippen LogP) is 4.50. The normalized spacial score (nSPS) is 12.4. The minimum Gasteiger partial charge on any atom is -0.454 e. The zero-order chi connectivity index (χ0) is 24.5. The van der Waals surface area contributed by atoms with Crippen molar-refractivity contribution in [1.29, 1.82) is 0 Å². The van der Waals surface area contributed by atoms with Crippen LogP contribution in [0.5, 0.6) is 0 Å². The number of benzene rings is 2. The van der Waals surface area contributed by atoms with Crippen LogP contribution in [-0.4, -0.2) is 42.5 Å². The van der Waals surface area contributed by atoms with Gasteiger partial charge in [0, 0.05) is 5.69 Å². The van der Waals surface area contributed by atoms with E-state index in [1.54, 1.807) is 50.2 Å². The Morgan fingerprint density at radius 1 is 0.909 bits per heavy atom. The van der Waals surface area contributed by atoms with Gasteiger partial charge in [0.25, 0.3) is 5.91 Å². The molecule has 0 aliphatic heterocycles. The third-order valence-corrected chi connectivity index (χ3v) is 5.10. The number of hydrogen-bond donors (Lipinski definition) is 2. The van der Waals surface area contributed by atoms with Crippen molar-refractivity contribution in [2.45, 2.75) is 32.9 Å². The van der Waals surface area contributed by atoms with Crippen molar-refractivity contribution < 1.29 is 28.7 Å². The van der Waals surface area contributed by atoms with Gasteiger partial charge < -0.3 is 14.8 Å². The minimum atomic E-state index is -1.14. The second-order valence-electron chi connectivity index (χ2n) is 7.43. The fourth-order valence-electron chi connectivity index (χ4n) is 2.68. The van der Waals surface area contributed by atoms with Gasteiger partial charge in [-0.05, 0) is 37.1 Å². The standard InChI is InChI=1S/C23H24Cl2N2O6/c1-13(2)20(33-23(31)27-15-8-5-4-6-9-15)21(29)26-14(3)18(28)12-32-22(30)19-16(24)10-7-11-17(19)25/h4-11,13-14,20H,12H2,1-3H3,(H,26,29)(H,27,31)/t14-,20-/m0/s1. The second-order valence-corrected chi connectivity index (χ2v) is 8.24. The summed E-state index contributed by atoms with van der Waals surface area (Å²) in [7, 11) is 0. The summed E-state index contributed by atoms with van der Waals surface area (Å²) in [6.07, 6.45) is -1.95. The first-order valence-corrected chi connectivity index (χ1v) is 10.8. The van der Waals surface area contributed by atoms with E-state index in [1.807, 2.05) is 0 Å². The Morgan fingerprint density at radius 2 is 1.52 bits per heavy atom. The van der Waals surface area contributed by atoms with Gasteiger partial charge in [0.15, 0.2) is 18.5 Å². The van der Waals surface area contributed by atoms with Crippen LogP contribution < -0.4 is 10.6 Å². The molecule has 0 unspecified atom stereocenters. The number of ketones is 1. The molecule has 2 atom stereocenters. The molecule has 0 aliphatic carbocycles. The molecule has 0 radical (unpaired) electrons. The molecule has 8 nitrogen and oxygen atoms in total. The summed E-state index contributed by atoms with van der Waals surface area (Å²) >= 11 is 11.9. The first kappa shape index (κ1) is 26.2. The average molecular weight is 495 g/mol. The van der Waals surface area contributed by atoms with Crippen molar-refractivity contribution in [2.75, 3.05) is 11.9 Å². The van der Waals surface area contributed by atoms with Crippen molar-refractivity contribution in [1.82, 2.24) is 5.32 Å². The van der Waals surface area contributed by atoms with E-state index in [2.05, 4.69) is 10.6 Å². The van der Waals surface area contributed by atoms with E-state index in [-0.39, 0.29) is 21.5 Å². The van der Waals surface area contributed by atoms with Gasteiger partial charge in [-0.3, -0.25) is 14.9 Å². The lowest BCUT2D eigenvalue weighted by molar-refractivity contribution is -0.135. The summed E-state index contributed by atoms with van der Waals surface area (Å²) in [5, 5.41) is 5.19. The summed E-state index contributed by atoms with van der Waals surface area (Å²) in [6.45, 7) is 4.21. The molecule has 0 fully saturated rings. The Kier molecular flexibility index (Phi) is 9.69. The summed E-state index contributed by atoms with van der Waals surface area (Å²) in [5.41, 5.74) is 0.456. The number of nitrogens with one attached hydrogen (secondary N) is 2. The van der Waals surface area contributed by atoms with E-state index in [0.29, 0.717) is 5.69 Å². The zero-order valence-electron chi connectivity index (χ0n) is 18.3. The highest BCUT2D eigenvalue weighted by Gasteiger charge is 2.29. The molecule has 2 N–H and O–H groups in total. The average Bonchev–Trinajstić information content (AvgIpc) is 2.76. The first-order chi connectivity index (χ1) is 15.6. The Balaban J connectivity index is 1.91. The molecule has 0 saturated heterocycles. The molecule has 176 valence electrons. The van der Waals surface area contributed by atoms with E-state index in [1.165, 1.54) is 19.1 Å². The summed E-state index contributed by atoms with van der Waals surface area (Å²) in [4.78, 5) is 49.4. The van der Waals surface area contributed by atoms with E-state index in [9.17, 15) is 19.2 Å². The maximum absolute atomic E-state index is 12.6. The van der Waals surface area contributed by atoms with E-state index in [0.717, 1.165) is 0 Å². The van der Waals surface area contributed by atoms with Crippen LogP contribution in [0, 0.1) is 5.92 Å². The van der Waals surface area contributed by atoms with E-state index >= 15 is 0 Å². The molecule has 10 heteroatoms. The van der Waals surface area contributed by atoms with Gasteiger partial charge in [0.2, 0.25) is 0 Å². The largest absolute Gasteiger partial charge is 0.454 e. The molecular weight excluding hydrogens is 471 g/mol. The Hall–Kier alpha value is -3.10. The maximum Gasteiger partial charge on any atom is 0.412 e. The van der Waals surface area contributed by atoms with Gasteiger partial charge in [-0.25, -0.2) is 9.59 Å². The Bertz CT molecular complexity index is 993. The van der Waals surface area contributed by atoms with E-state index < -0.39 is 42.5 Å². The Morgan fingerprint density at radius 3 is 2.09 bits per heavy atom. The fraction of sp³-hybridized carbons (Fsp3) is 0.304. The number of carbonyl (C=O) groups excluding carboxylic acids is 4. The highest BCUT2D eigenvalue weighted by atomic mass is 35.5. The molecule has 2 rings (SSSR count). The van der Waals surface area contributed by atoms with Crippen molar-refractivity contribution in [3.63, 3.8) is 0 Å². The van der Waals surface area contributed by atoms with Crippen LogP contribution in [0.15, 0.2) is 48.5 Å². The van der Waals surface area contributed by atoms with Crippen molar-refractivity contribution >= 4 is 52.6 Å².